The monoisotopic (exact) mass is 155 g/mol. The van der Waals surface area contributed by atoms with Crippen LogP contribution in [0.25, 0.3) is 5.43 Å². The van der Waals surface area contributed by atoms with Crippen LogP contribution in [-0.4, -0.2) is 48.4 Å². The van der Waals surface area contributed by atoms with Gasteiger partial charge < -0.3 is 10.0 Å². The van der Waals surface area contributed by atoms with E-state index in [-0.39, 0.29) is 0 Å². The van der Waals surface area contributed by atoms with Gasteiger partial charge >= 0.3 is 0 Å². The van der Waals surface area contributed by atoms with Crippen LogP contribution in [0.3, 0.4) is 0 Å². The Labute approximate surface area is 68.5 Å². The molecule has 2 saturated heterocycles. The van der Waals surface area contributed by atoms with Gasteiger partial charge in [-0.3, -0.25) is 0 Å². The molecule has 3 heteroatoms. The number of quaternary nitrogens is 1. The molecule has 64 valence electrons. The highest BCUT2D eigenvalue weighted by atomic mass is 15.8. The van der Waals surface area contributed by atoms with E-state index in [0.29, 0.717) is 6.04 Å². The van der Waals surface area contributed by atoms with E-state index in [1.165, 1.54) is 19.6 Å². The van der Waals surface area contributed by atoms with Crippen LogP contribution in [0.5, 0.6) is 0 Å². The SMILES string of the molecule is CC(C)N1CC[N+]2(CC[N-]2)C1. The van der Waals surface area contributed by atoms with Crippen molar-refractivity contribution in [2.24, 2.45) is 0 Å². The third-order valence-corrected chi connectivity index (χ3v) is 2.89. The van der Waals surface area contributed by atoms with Gasteiger partial charge in [-0.05, 0) is 13.8 Å². The van der Waals surface area contributed by atoms with E-state index in [2.05, 4.69) is 24.2 Å². The standard InChI is InChI=1S/C8H17N3/c1-8(2)10-4-6-11(7-10)5-3-9-11/h8H,3-7H2,1-2H3. The smallest absolute Gasteiger partial charge is 0.126 e. The molecule has 0 aromatic carbocycles. The Hall–Kier alpha value is -0.120. The summed E-state index contributed by atoms with van der Waals surface area (Å²) in [6, 6.07) is 0.698. The van der Waals surface area contributed by atoms with E-state index in [4.69, 9.17) is 0 Å². The molecule has 0 amide bonds. The molecule has 1 spiro atoms. The molecule has 2 aliphatic heterocycles. The highest BCUT2D eigenvalue weighted by molar-refractivity contribution is 4.81. The molecule has 0 bridgehead atoms. The molecule has 0 aromatic heterocycles. The van der Waals surface area contributed by atoms with E-state index in [0.717, 1.165) is 17.8 Å². The first-order valence-corrected chi connectivity index (χ1v) is 4.51. The maximum absolute atomic E-state index is 4.53. The second kappa shape index (κ2) is 2.44. The van der Waals surface area contributed by atoms with Crippen LogP contribution in [0.2, 0.25) is 0 Å². The van der Waals surface area contributed by atoms with Gasteiger partial charge in [-0.2, -0.15) is 0 Å². The summed E-state index contributed by atoms with van der Waals surface area (Å²) in [5.74, 6) is 0. The number of hydrogen-bond acceptors (Lipinski definition) is 1. The fourth-order valence-corrected chi connectivity index (χ4v) is 1.90. The molecule has 1 atom stereocenters. The van der Waals surface area contributed by atoms with Crippen molar-refractivity contribution < 1.29 is 4.59 Å². The van der Waals surface area contributed by atoms with Crippen LogP contribution in [0.4, 0.5) is 0 Å². The van der Waals surface area contributed by atoms with Crippen LogP contribution in [0, 0.1) is 0 Å². The quantitative estimate of drug-likeness (QED) is 0.512. The molecule has 2 heterocycles. The van der Waals surface area contributed by atoms with Gasteiger partial charge in [0.1, 0.15) is 6.67 Å². The largest absolute Gasteiger partial charge is 0.447 e. The van der Waals surface area contributed by atoms with Crippen LogP contribution in [-0.2, 0) is 0 Å². The Morgan fingerprint density at radius 1 is 1.36 bits per heavy atom. The van der Waals surface area contributed by atoms with Crippen LogP contribution in [0.1, 0.15) is 13.8 Å². The first-order chi connectivity index (χ1) is 5.22. The van der Waals surface area contributed by atoms with E-state index in [9.17, 15) is 0 Å². The zero-order valence-corrected chi connectivity index (χ0v) is 7.45. The number of nitrogens with zero attached hydrogens (tertiary/aromatic N) is 3. The zero-order chi connectivity index (χ0) is 7.90. The molecule has 11 heavy (non-hydrogen) atoms. The van der Waals surface area contributed by atoms with Crippen LogP contribution in [0.15, 0.2) is 0 Å². The summed E-state index contributed by atoms with van der Waals surface area (Å²) in [7, 11) is 0. The molecular formula is C8H17N3. The minimum Gasteiger partial charge on any atom is -0.447 e. The molecule has 2 fully saturated rings. The zero-order valence-electron chi connectivity index (χ0n) is 7.45. The average molecular weight is 155 g/mol. The first kappa shape index (κ1) is 7.53. The first-order valence-electron chi connectivity index (χ1n) is 4.51. The normalized spacial score (nSPS) is 38.5. The Bertz CT molecular complexity index is 151. The fraction of sp³-hybridized carbons (Fsp3) is 1.00. The summed E-state index contributed by atoms with van der Waals surface area (Å²) in [6.07, 6.45) is 0. The Morgan fingerprint density at radius 3 is 2.36 bits per heavy atom. The molecular weight excluding hydrogens is 138 g/mol. The van der Waals surface area contributed by atoms with Crippen molar-refractivity contribution >= 4 is 0 Å². The summed E-state index contributed by atoms with van der Waals surface area (Å²) in [5, 5.41) is 0. The molecule has 2 rings (SSSR count). The van der Waals surface area contributed by atoms with Gasteiger partial charge in [0.2, 0.25) is 0 Å². The van der Waals surface area contributed by atoms with Crippen LogP contribution >= 0.6 is 0 Å². The maximum Gasteiger partial charge on any atom is 0.126 e. The Morgan fingerprint density at radius 2 is 2.09 bits per heavy atom. The third kappa shape index (κ3) is 1.17. The van der Waals surface area contributed by atoms with E-state index in [1.807, 2.05) is 0 Å². The molecule has 0 aliphatic carbocycles. The summed E-state index contributed by atoms with van der Waals surface area (Å²) in [5.41, 5.74) is 4.53. The van der Waals surface area contributed by atoms with Gasteiger partial charge in [0.05, 0.1) is 19.6 Å². The summed E-state index contributed by atoms with van der Waals surface area (Å²) in [6.45, 7) is 10.6. The molecule has 0 N–H and O–H groups in total. The Balaban J connectivity index is 1.93. The second-order valence-corrected chi connectivity index (χ2v) is 3.95. The predicted octanol–water partition coefficient (Wildman–Crippen LogP) is 0.787. The molecule has 0 saturated carbocycles. The van der Waals surface area contributed by atoms with Gasteiger partial charge in [-0.1, -0.05) is 6.54 Å². The Kier molecular flexibility index (Phi) is 1.67. The average Bonchev–Trinajstić information content (AvgIpc) is 2.28. The minimum absolute atomic E-state index is 0.698. The topological polar surface area (TPSA) is 17.3 Å². The third-order valence-electron chi connectivity index (χ3n) is 2.89. The van der Waals surface area contributed by atoms with Gasteiger partial charge in [0.15, 0.2) is 0 Å². The lowest BCUT2D eigenvalue weighted by Crippen LogP contribution is -2.54. The van der Waals surface area contributed by atoms with Crippen LogP contribution < -0.4 is 0 Å². The van der Waals surface area contributed by atoms with E-state index < -0.39 is 0 Å². The summed E-state index contributed by atoms with van der Waals surface area (Å²) < 4.78 is 1.04. The second-order valence-electron chi connectivity index (χ2n) is 3.95. The van der Waals surface area contributed by atoms with Crippen molar-refractivity contribution in [3.8, 4) is 0 Å². The molecule has 1 unspecified atom stereocenters. The van der Waals surface area contributed by atoms with Crippen molar-refractivity contribution in [3.63, 3.8) is 0 Å². The van der Waals surface area contributed by atoms with Gasteiger partial charge in [0.25, 0.3) is 0 Å². The van der Waals surface area contributed by atoms with Gasteiger partial charge in [-0.25, -0.2) is 4.90 Å². The number of hydrogen-bond donors (Lipinski definition) is 0. The molecule has 0 aromatic rings. The van der Waals surface area contributed by atoms with Crippen molar-refractivity contribution in [3.05, 3.63) is 5.43 Å². The minimum atomic E-state index is 0.698. The summed E-state index contributed by atoms with van der Waals surface area (Å²) in [4.78, 5) is 2.52. The van der Waals surface area contributed by atoms with Gasteiger partial charge in [-0.15, -0.1) is 0 Å². The predicted molar refractivity (Wildman–Crippen MR) is 44.9 cm³/mol. The lowest BCUT2D eigenvalue weighted by molar-refractivity contribution is -0.914. The maximum atomic E-state index is 4.53. The van der Waals surface area contributed by atoms with E-state index >= 15 is 0 Å². The number of rotatable bonds is 1. The lowest BCUT2D eigenvalue weighted by Gasteiger charge is -2.55. The highest BCUT2D eigenvalue weighted by Gasteiger charge is 2.34. The fourth-order valence-electron chi connectivity index (χ4n) is 1.90. The van der Waals surface area contributed by atoms with Gasteiger partial charge in [0, 0.05) is 6.04 Å². The van der Waals surface area contributed by atoms with Crippen molar-refractivity contribution in [2.45, 2.75) is 19.9 Å². The molecule has 0 radical (unpaired) electrons. The molecule has 2 aliphatic rings. The van der Waals surface area contributed by atoms with Crippen molar-refractivity contribution in [2.75, 3.05) is 32.8 Å². The van der Waals surface area contributed by atoms with Crippen molar-refractivity contribution in [1.82, 2.24) is 4.90 Å². The van der Waals surface area contributed by atoms with Crippen molar-refractivity contribution in [1.29, 1.82) is 0 Å². The lowest BCUT2D eigenvalue weighted by atomic mass is 10.3. The summed E-state index contributed by atoms with van der Waals surface area (Å²) >= 11 is 0. The van der Waals surface area contributed by atoms with E-state index in [1.54, 1.807) is 0 Å². The highest BCUT2D eigenvalue weighted by Crippen LogP contribution is 2.29. The molecule has 3 nitrogen and oxygen atoms in total.